The van der Waals surface area contributed by atoms with Crippen molar-refractivity contribution in [2.75, 3.05) is 13.7 Å². The fourth-order valence-electron chi connectivity index (χ4n) is 2.38. The molecule has 0 aromatic heterocycles. The van der Waals surface area contributed by atoms with Crippen LogP contribution in [0.4, 0.5) is 0 Å². The van der Waals surface area contributed by atoms with Crippen LogP contribution in [0.2, 0.25) is 0 Å². The summed E-state index contributed by atoms with van der Waals surface area (Å²) in [5.74, 6) is -2.26. The lowest BCUT2D eigenvalue weighted by Crippen LogP contribution is -2.45. The highest BCUT2D eigenvalue weighted by atomic mass is 16.6. The lowest BCUT2D eigenvalue weighted by atomic mass is 9.87. The van der Waals surface area contributed by atoms with Crippen LogP contribution < -0.4 is 5.32 Å². The minimum absolute atomic E-state index is 0.338. The van der Waals surface area contributed by atoms with Crippen LogP contribution in [0.5, 0.6) is 0 Å². The summed E-state index contributed by atoms with van der Waals surface area (Å²) in [6.45, 7) is 2.86. The summed E-state index contributed by atoms with van der Waals surface area (Å²) < 4.78 is 4.71. The number of rotatable bonds is 7. The predicted octanol–water partition coefficient (Wildman–Crippen LogP) is 1.51. The van der Waals surface area contributed by atoms with Crippen molar-refractivity contribution in [1.82, 2.24) is 5.32 Å². The summed E-state index contributed by atoms with van der Waals surface area (Å²) in [6.07, 6.45) is 0. The maximum absolute atomic E-state index is 12.1. The number of amides is 1. The van der Waals surface area contributed by atoms with Gasteiger partial charge in [-0.2, -0.15) is 0 Å². The number of methoxy groups -OCH3 is 1. The molecule has 0 bridgehead atoms. The molecule has 0 fully saturated rings. The third-order valence-electron chi connectivity index (χ3n) is 3.46. The third kappa shape index (κ3) is 4.83. The molecule has 0 aliphatic heterocycles. The number of nitro groups is 1. The van der Waals surface area contributed by atoms with Gasteiger partial charge in [0.2, 0.25) is 6.54 Å². The van der Waals surface area contributed by atoms with Crippen LogP contribution in [-0.4, -0.2) is 36.5 Å². The fourth-order valence-corrected chi connectivity index (χ4v) is 2.38. The van der Waals surface area contributed by atoms with Gasteiger partial charge in [-0.05, 0) is 19.1 Å². The highest BCUT2D eigenvalue weighted by molar-refractivity contribution is 5.94. The van der Waals surface area contributed by atoms with Crippen molar-refractivity contribution in [2.24, 2.45) is 11.8 Å². The van der Waals surface area contributed by atoms with Crippen molar-refractivity contribution in [3.8, 4) is 0 Å². The van der Waals surface area contributed by atoms with Crippen LogP contribution in [0.15, 0.2) is 30.3 Å². The van der Waals surface area contributed by atoms with Gasteiger partial charge < -0.3 is 10.1 Å². The SMILES string of the molecule is COC(=O)C(C(C)C[N+](=O)[O-])C(C)NC(=O)c1ccccc1. The lowest BCUT2D eigenvalue weighted by Gasteiger charge is -2.26. The first kappa shape index (κ1) is 17.6. The summed E-state index contributed by atoms with van der Waals surface area (Å²) in [4.78, 5) is 34.2. The Morgan fingerprint density at radius 2 is 1.86 bits per heavy atom. The van der Waals surface area contributed by atoms with Gasteiger partial charge in [0.25, 0.3) is 5.91 Å². The van der Waals surface area contributed by atoms with Gasteiger partial charge in [0.1, 0.15) is 0 Å². The van der Waals surface area contributed by atoms with E-state index in [0.717, 1.165) is 0 Å². The number of nitrogens with zero attached hydrogens (tertiary/aromatic N) is 1. The van der Waals surface area contributed by atoms with Gasteiger partial charge in [0.05, 0.1) is 13.0 Å². The normalized spacial score (nSPS) is 14.5. The maximum Gasteiger partial charge on any atom is 0.311 e. The second-order valence-electron chi connectivity index (χ2n) is 5.17. The Labute approximate surface area is 128 Å². The smallest absolute Gasteiger partial charge is 0.311 e. The highest BCUT2D eigenvalue weighted by Crippen LogP contribution is 2.18. The zero-order valence-electron chi connectivity index (χ0n) is 12.8. The number of carbonyl (C=O) groups excluding carboxylic acids is 2. The van der Waals surface area contributed by atoms with Gasteiger partial charge in [0.15, 0.2) is 0 Å². The van der Waals surface area contributed by atoms with E-state index < -0.39 is 28.8 Å². The molecule has 0 saturated carbocycles. The monoisotopic (exact) mass is 308 g/mol. The Morgan fingerprint density at radius 3 is 2.36 bits per heavy atom. The number of ether oxygens (including phenoxy) is 1. The summed E-state index contributed by atoms with van der Waals surface area (Å²) in [5.41, 5.74) is 0.458. The highest BCUT2D eigenvalue weighted by Gasteiger charge is 2.35. The molecule has 0 radical (unpaired) electrons. The van der Waals surface area contributed by atoms with Crippen LogP contribution in [0.3, 0.4) is 0 Å². The Morgan fingerprint density at radius 1 is 1.27 bits per heavy atom. The van der Waals surface area contributed by atoms with Gasteiger partial charge in [-0.3, -0.25) is 19.7 Å². The molecule has 1 aromatic rings. The largest absolute Gasteiger partial charge is 0.469 e. The molecule has 22 heavy (non-hydrogen) atoms. The number of hydrogen-bond acceptors (Lipinski definition) is 5. The van der Waals surface area contributed by atoms with E-state index >= 15 is 0 Å². The Balaban J connectivity index is 2.83. The van der Waals surface area contributed by atoms with Crippen LogP contribution >= 0.6 is 0 Å². The van der Waals surface area contributed by atoms with Crippen LogP contribution in [0.25, 0.3) is 0 Å². The standard InChI is InChI=1S/C15H20N2O5/c1-10(9-17(20)21)13(15(19)22-3)11(2)16-14(18)12-7-5-4-6-8-12/h4-8,10-11,13H,9H2,1-3H3,(H,16,18). The lowest BCUT2D eigenvalue weighted by molar-refractivity contribution is -0.489. The van der Waals surface area contributed by atoms with E-state index in [0.29, 0.717) is 5.56 Å². The first-order valence-corrected chi connectivity index (χ1v) is 6.92. The van der Waals surface area contributed by atoms with Gasteiger partial charge in [-0.25, -0.2) is 0 Å². The maximum atomic E-state index is 12.1. The number of nitrogens with one attached hydrogen (secondary N) is 1. The Hall–Kier alpha value is -2.44. The molecule has 1 amide bonds. The molecule has 7 nitrogen and oxygen atoms in total. The molecule has 0 saturated heterocycles. The van der Waals surface area contributed by atoms with E-state index in [1.165, 1.54) is 7.11 Å². The first-order chi connectivity index (χ1) is 10.4. The van der Waals surface area contributed by atoms with Crippen molar-refractivity contribution in [3.05, 3.63) is 46.0 Å². The number of benzene rings is 1. The fraction of sp³-hybridized carbons (Fsp3) is 0.467. The second-order valence-corrected chi connectivity index (χ2v) is 5.17. The van der Waals surface area contributed by atoms with Crippen molar-refractivity contribution in [1.29, 1.82) is 0 Å². The average molecular weight is 308 g/mol. The van der Waals surface area contributed by atoms with Crippen molar-refractivity contribution in [2.45, 2.75) is 19.9 Å². The molecule has 7 heteroatoms. The third-order valence-corrected chi connectivity index (χ3v) is 3.46. The Bertz CT molecular complexity index is 532. The molecule has 1 aromatic carbocycles. The molecular weight excluding hydrogens is 288 g/mol. The number of carbonyl (C=O) groups is 2. The number of hydrogen-bond donors (Lipinski definition) is 1. The van der Waals surface area contributed by atoms with Gasteiger partial charge in [-0.15, -0.1) is 0 Å². The van der Waals surface area contributed by atoms with Crippen molar-refractivity contribution >= 4 is 11.9 Å². The van der Waals surface area contributed by atoms with E-state index in [2.05, 4.69) is 5.32 Å². The second kappa shape index (κ2) is 8.11. The average Bonchev–Trinajstić information content (AvgIpc) is 2.47. The minimum Gasteiger partial charge on any atom is -0.469 e. The zero-order valence-corrected chi connectivity index (χ0v) is 12.8. The van der Waals surface area contributed by atoms with E-state index in [9.17, 15) is 19.7 Å². The molecule has 3 unspecified atom stereocenters. The van der Waals surface area contributed by atoms with Crippen LogP contribution in [0, 0.1) is 22.0 Å². The molecule has 120 valence electrons. The summed E-state index contributed by atoms with van der Waals surface area (Å²) in [5, 5.41) is 13.4. The molecular formula is C15H20N2O5. The van der Waals surface area contributed by atoms with E-state index in [4.69, 9.17) is 4.74 Å². The van der Waals surface area contributed by atoms with Gasteiger partial charge in [-0.1, -0.05) is 25.1 Å². The molecule has 0 aliphatic carbocycles. The van der Waals surface area contributed by atoms with Crippen molar-refractivity contribution < 1.29 is 19.2 Å². The quantitative estimate of drug-likeness (QED) is 0.467. The molecule has 0 heterocycles. The first-order valence-electron chi connectivity index (χ1n) is 6.92. The van der Waals surface area contributed by atoms with E-state index in [-0.39, 0.29) is 12.5 Å². The van der Waals surface area contributed by atoms with E-state index in [1.807, 2.05) is 0 Å². The zero-order chi connectivity index (χ0) is 16.7. The Kier molecular flexibility index (Phi) is 6.49. The molecule has 1 N–H and O–H groups in total. The summed E-state index contributed by atoms with van der Waals surface area (Å²) in [7, 11) is 1.22. The van der Waals surface area contributed by atoms with Crippen LogP contribution in [-0.2, 0) is 9.53 Å². The summed E-state index contributed by atoms with van der Waals surface area (Å²) in [6, 6.07) is 7.96. The molecule has 0 spiro atoms. The van der Waals surface area contributed by atoms with Crippen LogP contribution in [0.1, 0.15) is 24.2 Å². The van der Waals surface area contributed by atoms with Gasteiger partial charge >= 0.3 is 5.97 Å². The number of esters is 1. The summed E-state index contributed by atoms with van der Waals surface area (Å²) >= 11 is 0. The topological polar surface area (TPSA) is 98.5 Å². The predicted molar refractivity (Wildman–Crippen MR) is 79.9 cm³/mol. The molecule has 3 atom stereocenters. The molecule has 0 aliphatic rings. The van der Waals surface area contributed by atoms with Gasteiger partial charge in [0, 0.05) is 22.4 Å². The van der Waals surface area contributed by atoms with Crippen molar-refractivity contribution in [3.63, 3.8) is 0 Å². The van der Waals surface area contributed by atoms with E-state index in [1.54, 1.807) is 44.2 Å². The minimum atomic E-state index is -0.789. The molecule has 1 rings (SSSR count).